The van der Waals surface area contributed by atoms with E-state index in [1.54, 1.807) is 11.8 Å². The van der Waals surface area contributed by atoms with Crippen LogP contribution in [-0.2, 0) is 0 Å². The molecule has 0 fully saturated rings. The van der Waals surface area contributed by atoms with E-state index >= 15 is 0 Å². The standard InChI is InChI=1S/C13H17N3O2S2/c1-7(4-5-19-3)16-11-9-8(2)10(13(17)18)20-12(9)15-6-14-11/h6-7H,4-5H2,1-3H3,(H,17,18)(H,14,15,16). The number of hydrogen-bond donors (Lipinski definition) is 2. The van der Waals surface area contributed by atoms with Gasteiger partial charge in [-0.2, -0.15) is 11.8 Å². The van der Waals surface area contributed by atoms with Gasteiger partial charge in [-0.1, -0.05) is 0 Å². The maximum atomic E-state index is 11.2. The Morgan fingerprint density at radius 1 is 1.55 bits per heavy atom. The van der Waals surface area contributed by atoms with Gasteiger partial charge in [-0.05, 0) is 37.8 Å². The lowest BCUT2D eigenvalue weighted by atomic mass is 10.2. The van der Waals surface area contributed by atoms with Crippen molar-refractivity contribution in [3.8, 4) is 0 Å². The molecule has 0 saturated heterocycles. The third-order valence-corrected chi connectivity index (χ3v) is 4.89. The van der Waals surface area contributed by atoms with Gasteiger partial charge in [0, 0.05) is 6.04 Å². The number of carboxylic acid groups (broad SMARTS) is 1. The molecule has 0 aliphatic heterocycles. The molecule has 108 valence electrons. The molecule has 2 heterocycles. The van der Waals surface area contributed by atoms with E-state index in [2.05, 4.69) is 28.5 Å². The van der Waals surface area contributed by atoms with Crippen LogP contribution in [0.1, 0.15) is 28.6 Å². The molecule has 2 aromatic heterocycles. The fourth-order valence-electron chi connectivity index (χ4n) is 1.99. The summed E-state index contributed by atoms with van der Waals surface area (Å²) in [6.07, 6.45) is 4.59. The molecule has 0 spiro atoms. The largest absolute Gasteiger partial charge is 0.477 e. The zero-order chi connectivity index (χ0) is 14.7. The van der Waals surface area contributed by atoms with Gasteiger partial charge < -0.3 is 10.4 Å². The highest BCUT2D eigenvalue weighted by atomic mass is 32.2. The van der Waals surface area contributed by atoms with Gasteiger partial charge in [0.25, 0.3) is 0 Å². The zero-order valence-corrected chi connectivity index (χ0v) is 13.3. The van der Waals surface area contributed by atoms with Crippen LogP contribution in [0.2, 0.25) is 0 Å². The average Bonchev–Trinajstić information content (AvgIpc) is 2.75. The van der Waals surface area contributed by atoms with Crippen molar-refractivity contribution >= 4 is 45.1 Å². The van der Waals surface area contributed by atoms with Crippen LogP contribution in [0.5, 0.6) is 0 Å². The number of carbonyl (C=O) groups is 1. The van der Waals surface area contributed by atoms with Gasteiger partial charge in [0.15, 0.2) is 0 Å². The van der Waals surface area contributed by atoms with Gasteiger partial charge in [0.2, 0.25) is 0 Å². The van der Waals surface area contributed by atoms with Gasteiger partial charge in [-0.15, -0.1) is 11.3 Å². The second-order valence-electron chi connectivity index (χ2n) is 4.59. The summed E-state index contributed by atoms with van der Waals surface area (Å²) >= 11 is 3.00. The van der Waals surface area contributed by atoms with Crippen LogP contribution in [0, 0.1) is 6.92 Å². The molecule has 2 aromatic rings. The molecule has 20 heavy (non-hydrogen) atoms. The van der Waals surface area contributed by atoms with Crippen LogP contribution >= 0.6 is 23.1 Å². The van der Waals surface area contributed by atoms with Crippen LogP contribution in [0.4, 0.5) is 5.82 Å². The van der Waals surface area contributed by atoms with E-state index in [0.717, 1.165) is 33.8 Å². The number of aromatic nitrogens is 2. The van der Waals surface area contributed by atoms with E-state index in [0.29, 0.717) is 4.88 Å². The second-order valence-corrected chi connectivity index (χ2v) is 6.58. The lowest BCUT2D eigenvalue weighted by Crippen LogP contribution is -2.17. The fourth-order valence-corrected chi connectivity index (χ4v) is 3.56. The van der Waals surface area contributed by atoms with E-state index in [4.69, 9.17) is 0 Å². The highest BCUT2D eigenvalue weighted by Gasteiger charge is 2.19. The molecule has 0 saturated carbocycles. The van der Waals surface area contributed by atoms with Crippen LogP contribution in [-0.4, -0.2) is 39.1 Å². The molecule has 0 aromatic carbocycles. The number of carboxylic acids is 1. The molecule has 7 heteroatoms. The van der Waals surface area contributed by atoms with Crippen LogP contribution in [0.25, 0.3) is 10.2 Å². The Balaban J connectivity index is 2.36. The average molecular weight is 311 g/mol. The van der Waals surface area contributed by atoms with Crippen molar-refractivity contribution in [3.05, 3.63) is 16.8 Å². The van der Waals surface area contributed by atoms with Crippen molar-refractivity contribution in [1.82, 2.24) is 9.97 Å². The summed E-state index contributed by atoms with van der Waals surface area (Å²) in [6, 6.07) is 0.285. The predicted molar refractivity (Wildman–Crippen MR) is 85.2 cm³/mol. The molecule has 0 radical (unpaired) electrons. The number of anilines is 1. The quantitative estimate of drug-likeness (QED) is 0.853. The van der Waals surface area contributed by atoms with E-state index in [-0.39, 0.29) is 6.04 Å². The molecule has 0 aliphatic carbocycles. The first-order chi connectivity index (χ1) is 9.54. The molecule has 5 nitrogen and oxygen atoms in total. The Bertz CT molecular complexity index is 627. The van der Waals surface area contributed by atoms with Crippen molar-refractivity contribution in [2.75, 3.05) is 17.3 Å². The highest BCUT2D eigenvalue weighted by Crippen LogP contribution is 2.33. The van der Waals surface area contributed by atoms with Crippen molar-refractivity contribution in [1.29, 1.82) is 0 Å². The summed E-state index contributed by atoms with van der Waals surface area (Å²) in [5.41, 5.74) is 0.734. The number of hydrogen-bond acceptors (Lipinski definition) is 6. The van der Waals surface area contributed by atoms with Crippen LogP contribution in [0.15, 0.2) is 6.33 Å². The van der Waals surface area contributed by atoms with Gasteiger partial charge in [0.1, 0.15) is 21.9 Å². The number of nitrogens with one attached hydrogen (secondary N) is 1. The minimum absolute atomic E-state index is 0.285. The second kappa shape index (κ2) is 6.41. The molecule has 2 N–H and O–H groups in total. The van der Waals surface area contributed by atoms with Gasteiger partial charge in [-0.25, -0.2) is 14.8 Å². The van der Waals surface area contributed by atoms with Crippen molar-refractivity contribution in [2.24, 2.45) is 0 Å². The van der Waals surface area contributed by atoms with Crippen LogP contribution < -0.4 is 5.32 Å². The Hall–Kier alpha value is -1.34. The zero-order valence-electron chi connectivity index (χ0n) is 11.6. The molecular weight excluding hydrogens is 294 g/mol. The predicted octanol–water partition coefficient (Wildman–Crippen LogP) is 3.25. The lowest BCUT2D eigenvalue weighted by molar-refractivity contribution is 0.0701. The number of aryl methyl sites for hydroxylation is 1. The summed E-state index contributed by atoms with van der Waals surface area (Å²) in [7, 11) is 0. The molecule has 2 rings (SSSR count). The van der Waals surface area contributed by atoms with E-state index in [1.807, 2.05) is 6.92 Å². The highest BCUT2D eigenvalue weighted by molar-refractivity contribution is 7.98. The van der Waals surface area contributed by atoms with E-state index in [9.17, 15) is 9.90 Å². The molecule has 1 unspecified atom stereocenters. The topological polar surface area (TPSA) is 75.1 Å². The third kappa shape index (κ3) is 3.04. The summed E-state index contributed by atoms with van der Waals surface area (Å²) in [5.74, 6) is 0.891. The summed E-state index contributed by atoms with van der Waals surface area (Å²) in [4.78, 5) is 20.7. The molecule has 0 amide bonds. The first-order valence-electron chi connectivity index (χ1n) is 6.27. The normalized spacial score (nSPS) is 12.6. The smallest absolute Gasteiger partial charge is 0.346 e. The SMILES string of the molecule is CSCCC(C)Nc1ncnc2sc(C(=O)O)c(C)c12. The van der Waals surface area contributed by atoms with Crippen molar-refractivity contribution in [3.63, 3.8) is 0 Å². The van der Waals surface area contributed by atoms with Crippen molar-refractivity contribution < 1.29 is 9.90 Å². The minimum atomic E-state index is -0.910. The number of nitrogens with zero attached hydrogens (tertiary/aromatic N) is 2. The first-order valence-corrected chi connectivity index (χ1v) is 8.48. The lowest BCUT2D eigenvalue weighted by Gasteiger charge is -2.14. The van der Waals surface area contributed by atoms with Gasteiger partial charge in [-0.3, -0.25) is 0 Å². The number of thioether (sulfide) groups is 1. The maximum Gasteiger partial charge on any atom is 0.346 e. The molecule has 0 aliphatic rings. The number of fused-ring (bicyclic) bond motifs is 1. The molecule has 0 bridgehead atoms. The summed E-state index contributed by atoms with van der Waals surface area (Å²) < 4.78 is 0. The van der Waals surface area contributed by atoms with Gasteiger partial charge in [0.05, 0.1) is 5.39 Å². The number of rotatable bonds is 6. The van der Waals surface area contributed by atoms with Crippen molar-refractivity contribution in [2.45, 2.75) is 26.3 Å². The fraction of sp³-hybridized carbons (Fsp3) is 0.462. The molecule has 1 atom stereocenters. The Labute approximate surface area is 125 Å². The van der Waals surface area contributed by atoms with E-state index in [1.165, 1.54) is 17.7 Å². The Morgan fingerprint density at radius 3 is 2.95 bits per heavy atom. The monoisotopic (exact) mass is 311 g/mol. The summed E-state index contributed by atoms with van der Waals surface area (Å²) in [5, 5.41) is 13.4. The van der Waals surface area contributed by atoms with E-state index < -0.39 is 5.97 Å². The molecular formula is C13H17N3O2S2. The van der Waals surface area contributed by atoms with Crippen LogP contribution in [0.3, 0.4) is 0 Å². The number of thiophene rings is 1. The third-order valence-electron chi connectivity index (χ3n) is 3.06. The minimum Gasteiger partial charge on any atom is -0.477 e. The Kier molecular flexibility index (Phi) is 4.82. The first kappa shape index (κ1) is 15.1. The van der Waals surface area contributed by atoms with Gasteiger partial charge >= 0.3 is 5.97 Å². The summed E-state index contributed by atoms with van der Waals surface area (Å²) in [6.45, 7) is 3.91. The maximum absolute atomic E-state index is 11.2. The Morgan fingerprint density at radius 2 is 2.30 bits per heavy atom. The number of aromatic carboxylic acids is 1.